The number of nitrogens with one attached hydrogen (secondary N) is 2. The van der Waals surface area contributed by atoms with E-state index in [1.807, 2.05) is 0 Å². The van der Waals surface area contributed by atoms with Gasteiger partial charge in [0.25, 0.3) is 0 Å². The average molecular weight is 223 g/mol. The van der Waals surface area contributed by atoms with Crippen molar-refractivity contribution in [1.29, 1.82) is 0 Å². The first kappa shape index (κ1) is 12.7. The highest BCUT2D eigenvalue weighted by atomic mass is 15.3. The maximum Gasteiger partial charge on any atom is 0.148 e. The van der Waals surface area contributed by atoms with Gasteiger partial charge in [-0.15, -0.1) is 0 Å². The van der Waals surface area contributed by atoms with Crippen molar-refractivity contribution in [3.63, 3.8) is 0 Å². The van der Waals surface area contributed by atoms with Gasteiger partial charge in [-0.05, 0) is 26.7 Å². The van der Waals surface area contributed by atoms with Crippen LogP contribution in [0.3, 0.4) is 0 Å². The second-order valence-corrected chi connectivity index (χ2v) is 4.41. The van der Waals surface area contributed by atoms with Crippen molar-refractivity contribution in [3.05, 3.63) is 11.9 Å². The molecule has 0 atom stereocenters. The van der Waals surface area contributed by atoms with Crippen molar-refractivity contribution in [2.75, 3.05) is 10.7 Å². The van der Waals surface area contributed by atoms with Crippen LogP contribution in [-0.4, -0.2) is 15.5 Å². The minimum Gasteiger partial charge on any atom is -0.365 e. The van der Waals surface area contributed by atoms with Crippen LogP contribution in [0.1, 0.15) is 39.7 Å². The second kappa shape index (κ2) is 5.12. The first-order valence-corrected chi connectivity index (χ1v) is 5.62. The van der Waals surface area contributed by atoms with E-state index in [0.717, 1.165) is 24.2 Å². The summed E-state index contributed by atoms with van der Waals surface area (Å²) in [5.41, 5.74) is 3.64. The number of rotatable bonds is 5. The summed E-state index contributed by atoms with van der Waals surface area (Å²) in [6.07, 6.45) is 3.37. The van der Waals surface area contributed by atoms with E-state index >= 15 is 0 Å². The zero-order valence-corrected chi connectivity index (χ0v) is 10.5. The lowest BCUT2D eigenvalue weighted by atomic mass is 10.0. The molecule has 0 spiro atoms. The smallest absolute Gasteiger partial charge is 0.148 e. The van der Waals surface area contributed by atoms with Crippen LogP contribution in [0.4, 0.5) is 11.6 Å². The van der Waals surface area contributed by atoms with Gasteiger partial charge in [0.15, 0.2) is 0 Å². The third-order valence-electron chi connectivity index (χ3n) is 2.78. The molecule has 5 nitrogen and oxygen atoms in total. The summed E-state index contributed by atoms with van der Waals surface area (Å²) in [4.78, 5) is 8.37. The van der Waals surface area contributed by atoms with Crippen molar-refractivity contribution in [2.45, 2.75) is 46.1 Å². The van der Waals surface area contributed by atoms with Crippen LogP contribution in [0.25, 0.3) is 0 Å². The fraction of sp³-hybridized carbons (Fsp3) is 0.636. The number of hydrogen-bond donors (Lipinski definition) is 3. The zero-order chi connectivity index (χ0) is 12.2. The molecular formula is C11H21N5. The van der Waals surface area contributed by atoms with E-state index in [2.05, 4.69) is 48.4 Å². The fourth-order valence-corrected chi connectivity index (χ4v) is 1.39. The van der Waals surface area contributed by atoms with Crippen LogP contribution in [0.2, 0.25) is 0 Å². The molecule has 1 aromatic heterocycles. The molecule has 1 heterocycles. The summed E-state index contributed by atoms with van der Waals surface area (Å²) in [6.45, 7) is 8.49. The van der Waals surface area contributed by atoms with Crippen LogP contribution in [0, 0.1) is 0 Å². The van der Waals surface area contributed by atoms with Crippen LogP contribution < -0.4 is 16.6 Å². The molecule has 4 N–H and O–H groups in total. The zero-order valence-electron chi connectivity index (χ0n) is 10.5. The standard InChI is InChI=1S/C11H21N5/c1-5-8-9(15-11(3,4)6-2)13-7-14-10(8)16-12/h7H,5-6,12H2,1-4H3,(H2,13,14,15,16). The van der Waals surface area contributed by atoms with Crippen molar-refractivity contribution >= 4 is 11.6 Å². The Morgan fingerprint density at radius 2 is 1.88 bits per heavy atom. The van der Waals surface area contributed by atoms with Crippen LogP contribution >= 0.6 is 0 Å². The molecule has 0 fully saturated rings. The van der Waals surface area contributed by atoms with Gasteiger partial charge < -0.3 is 10.7 Å². The van der Waals surface area contributed by atoms with E-state index in [-0.39, 0.29) is 5.54 Å². The molecule has 0 aliphatic rings. The van der Waals surface area contributed by atoms with Crippen LogP contribution in [0.15, 0.2) is 6.33 Å². The maximum absolute atomic E-state index is 5.42. The highest BCUT2D eigenvalue weighted by molar-refractivity contribution is 5.57. The summed E-state index contributed by atoms with van der Waals surface area (Å²) >= 11 is 0. The number of hydrazine groups is 1. The van der Waals surface area contributed by atoms with Gasteiger partial charge >= 0.3 is 0 Å². The third kappa shape index (κ3) is 2.82. The highest BCUT2D eigenvalue weighted by Gasteiger charge is 2.18. The summed E-state index contributed by atoms with van der Waals surface area (Å²) in [5.74, 6) is 6.97. The molecule has 1 rings (SSSR count). The van der Waals surface area contributed by atoms with Gasteiger partial charge in [-0.2, -0.15) is 0 Å². The number of aromatic nitrogens is 2. The Bertz CT molecular complexity index is 348. The fourth-order valence-electron chi connectivity index (χ4n) is 1.39. The molecule has 90 valence electrons. The molecule has 0 radical (unpaired) electrons. The van der Waals surface area contributed by atoms with Crippen molar-refractivity contribution in [3.8, 4) is 0 Å². The Hall–Kier alpha value is -1.36. The summed E-state index contributed by atoms with van der Waals surface area (Å²) in [5, 5.41) is 3.42. The Morgan fingerprint density at radius 1 is 1.25 bits per heavy atom. The highest BCUT2D eigenvalue weighted by Crippen LogP contribution is 2.23. The van der Waals surface area contributed by atoms with Gasteiger partial charge in [0.05, 0.1) is 0 Å². The first-order chi connectivity index (χ1) is 7.54. The van der Waals surface area contributed by atoms with Crippen molar-refractivity contribution in [2.24, 2.45) is 5.84 Å². The number of hydrogen-bond acceptors (Lipinski definition) is 5. The molecule has 0 aliphatic carbocycles. The number of nitrogen functional groups attached to an aromatic ring is 1. The molecule has 16 heavy (non-hydrogen) atoms. The van der Waals surface area contributed by atoms with E-state index in [1.165, 1.54) is 6.33 Å². The molecule has 0 saturated carbocycles. The summed E-state index contributed by atoms with van der Waals surface area (Å²) in [7, 11) is 0. The number of anilines is 2. The Labute approximate surface area is 96.8 Å². The predicted molar refractivity (Wildman–Crippen MR) is 67.2 cm³/mol. The molecule has 0 aliphatic heterocycles. The molecule has 0 bridgehead atoms. The van der Waals surface area contributed by atoms with Gasteiger partial charge in [-0.25, -0.2) is 15.8 Å². The Morgan fingerprint density at radius 3 is 2.38 bits per heavy atom. The minimum atomic E-state index is 0.0180. The van der Waals surface area contributed by atoms with Crippen molar-refractivity contribution in [1.82, 2.24) is 9.97 Å². The monoisotopic (exact) mass is 223 g/mol. The molecule has 0 unspecified atom stereocenters. The predicted octanol–water partition coefficient (Wildman–Crippen LogP) is 1.93. The average Bonchev–Trinajstić information content (AvgIpc) is 2.28. The SMILES string of the molecule is CCc1c(NN)ncnc1NC(C)(C)CC. The van der Waals surface area contributed by atoms with Gasteiger partial charge in [0.1, 0.15) is 18.0 Å². The molecule has 1 aromatic rings. The number of nitrogens with two attached hydrogens (primary N) is 1. The quantitative estimate of drug-likeness (QED) is 0.525. The summed E-state index contributed by atoms with van der Waals surface area (Å²) < 4.78 is 0. The lowest BCUT2D eigenvalue weighted by molar-refractivity contribution is 0.544. The van der Waals surface area contributed by atoms with Gasteiger partial charge in [0.2, 0.25) is 0 Å². The van der Waals surface area contributed by atoms with E-state index in [4.69, 9.17) is 5.84 Å². The van der Waals surface area contributed by atoms with E-state index in [0.29, 0.717) is 5.82 Å². The normalized spacial score (nSPS) is 11.3. The molecular weight excluding hydrogens is 202 g/mol. The van der Waals surface area contributed by atoms with Crippen molar-refractivity contribution < 1.29 is 0 Å². The van der Waals surface area contributed by atoms with E-state index in [1.54, 1.807) is 0 Å². The van der Waals surface area contributed by atoms with Gasteiger partial charge in [0, 0.05) is 11.1 Å². The molecule has 0 amide bonds. The van der Waals surface area contributed by atoms with E-state index in [9.17, 15) is 0 Å². The van der Waals surface area contributed by atoms with E-state index < -0.39 is 0 Å². The molecule has 0 aromatic carbocycles. The first-order valence-electron chi connectivity index (χ1n) is 5.62. The third-order valence-corrected chi connectivity index (χ3v) is 2.78. The largest absolute Gasteiger partial charge is 0.365 e. The summed E-state index contributed by atoms with van der Waals surface area (Å²) in [6, 6.07) is 0. The van der Waals surface area contributed by atoms with Gasteiger partial charge in [-0.1, -0.05) is 13.8 Å². The Kier molecular flexibility index (Phi) is 4.06. The topological polar surface area (TPSA) is 75.9 Å². The lowest BCUT2D eigenvalue weighted by Crippen LogP contribution is -2.31. The second-order valence-electron chi connectivity index (χ2n) is 4.41. The van der Waals surface area contributed by atoms with Crippen LogP contribution in [0.5, 0.6) is 0 Å². The minimum absolute atomic E-state index is 0.0180. The molecule has 0 saturated heterocycles. The number of nitrogens with zero attached hydrogens (tertiary/aromatic N) is 2. The Balaban J connectivity index is 3.04. The lowest BCUT2D eigenvalue weighted by Gasteiger charge is -2.26. The van der Waals surface area contributed by atoms with Gasteiger partial charge in [-0.3, -0.25) is 0 Å². The maximum atomic E-state index is 5.42. The molecule has 5 heteroatoms. The van der Waals surface area contributed by atoms with Crippen LogP contribution in [-0.2, 0) is 6.42 Å².